The van der Waals surface area contributed by atoms with Gasteiger partial charge in [-0.3, -0.25) is 4.79 Å². The molecule has 0 aliphatic carbocycles. The molecule has 0 saturated heterocycles. The lowest BCUT2D eigenvalue weighted by atomic mass is 10.2. The van der Waals surface area contributed by atoms with Crippen molar-refractivity contribution < 1.29 is 9.53 Å². The highest BCUT2D eigenvalue weighted by molar-refractivity contribution is 7.98. The van der Waals surface area contributed by atoms with Crippen LogP contribution in [-0.2, 0) is 19.4 Å². The lowest BCUT2D eigenvalue weighted by Gasteiger charge is -2.19. The minimum absolute atomic E-state index is 0.0850. The van der Waals surface area contributed by atoms with Crippen molar-refractivity contribution in [2.24, 2.45) is 0 Å². The molecule has 152 valence electrons. The summed E-state index contributed by atoms with van der Waals surface area (Å²) in [4.78, 5) is 14.8. The summed E-state index contributed by atoms with van der Waals surface area (Å²) in [5.41, 5.74) is 0.627. The average molecular weight is 404 g/mol. The quantitative estimate of drug-likeness (QED) is 0.645. The van der Waals surface area contributed by atoms with Gasteiger partial charge in [-0.2, -0.15) is 11.8 Å². The molecule has 1 amide bonds. The Kier molecular flexibility index (Phi) is 7.73. The van der Waals surface area contributed by atoms with Crippen LogP contribution < -0.4 is 10.1 Å². The fourth-order valence-electron chi connectivity index (χ4n) is 3.40. The Hall–Kier alpha value is -2.06. The molecule has 2 heterocycles. The normalized spacial score (nSPS) is 14.4. The predicted molar refractivity (Wildman–Crippen MR) is 112 cm³/mol. The van der Waals surface area contributed by atoms with Crippen molar-refractivity contribution in [1.29, 1.82) is 0 Å². The molecule has 28 heavy (non-hydrogen) atoms. The Morgan fingerprint density at radius 3 is 2.79 bits per heavy atom. The maximum absolute atomic E-state index is 12.3. The van der Waals surface area contributed by atoms with Gasteiger partial charge in [0.2, 0.25) is 0 Å². The van der Waals surface area contributed by atoms with Crippen LogP contribution in [0, 0.1) is 0 Å². The molecule has 1 aliphatic heterocycles. The summed E-state index contributed by atoms with van der Waals surface area (Å²) in [5, 5.41) is 11.7. The van der Waals surface area contributed by atoms with Gasteiger partial charge in [0.25, 0.3) is 5.91 Å². The smallest absolute Gasteiger partial charge is 0.251 e. The summed E-state index contributed by atoms with van der Waals surface area (Å²) in [6.45, 7) is 4.68. The van der Waals surface area contributed by atoms with Gasteiger partial charge in [-0.25, -0.2) is 0 Å². The van der Waals surface area contributed by atoms with E-state index in [4.69, 9.17) is 4.74 Å². The van der Waals surface area contributed by atoms with Crippen LogP contribution >= 0.6 is 11.8 Å². The number of benzene rings is 1. The first-order valence-corrected chi connectivity index (χ1v) is 11.1. The second kappa shape index (κ2) is 10.5. The molecule has 7 nitrogen and oxygen atoms in total. The number of carbonyl (C=O) groups excluding carboxylic acids is 1. The SMILES string of the molecule is COc1ccc(C(=O)NCCc2nnc3n2CCN(CCCSC)CC3)cc1. The number of fused-ring (bicyclic) bond motifs is 1. The molecule has 0 unspecified atom stereocenters. The zero-order valence-corrected chi connectivity index (χ0v) is 17.5. The second-order valence-electron chi connectivity index (χ2n) is 6.86. The first-order chi connectivity index (χ1) is 13.7. The van der Waals surface area contributed by atoms with E-state index in [9.17, 15) is 4.79 Å². The number of hydrogen-bond donors (Lipinski definition) is 1. The lowest BCUT2D eigenvalue weighted by molar-refractivity contribution is 0.0954. The maximum Gasteiger partial charge on any atom is 0.251 e. The first-order valence-electron chi connectivity index (χ1n) is 9.75. The number of amides is 1. The summed E-state index contributed by atoms with van der Waals surface area (Å²) < 4.78 is 7.35. The van der Waals surface area contributed by atoms with E-state index in [0.29, 0.717) is 18.5 Å². The molecule has 1 N–H and O–H groups in total. The summed E-state index contributed by atoms with van der Waals surface area (Å²) >= 11 is 1.90. The molecule has 0 bridgehead atoms. The Morgan fingerprint density at radius 2 is 2.04 bits per heavy atom. The monoisotopic (exact) mass is 403 g/mol. The number of aromatic nitrogens is 3. The van der Waals surface area contributed by atoms with Crippen molar-refractivity contribution in [3.8, 4) is 5.75 Å². The maximum atomic E-state index is 12.3. The van der Waals surface area contributed by atoms with Crippen molar-refractivity contribution in [2.45, 2.75) is 25.8 Å². The third-order valence-corrected chi connectivity index (χ3v) is 5.70. The van der Waals surface area contributed by atoms with Crippen LogP contribution in [0.15, 0.2) is 24.3 Å². The topological polar surface area (TPSA) is 72.3 Å². The van der Waals surface area contributed by atoms with Crippen molar-refractivity contribution in [1.82, 2.24) is 25.0 Å². The number of methoxy groups -OCH3 is 1. The molecule has 0 atom stereocenters. The molecule has 0 fully saturated rings. The van der Waals surface area contributed by atoms with Gasteiger partial charge in [0.1, 0.15) is 17.4 Å². The van der Waals surface area contributed by atoms with Crippen molar-refractivity contribution >= 4 is 17.7 Å². The molecular weight excluding hydrogens is 374 g/mol. The van der Waals surface area contributed by atoms with Gasteiger partial charge in [0, 0.05) is 44.6 Å². The van der Waals surface area contributed by atoms with Crippen LogP contribution in [0.1, 0.15) is 28.4 Å². The van der Waals surface area contributed by atoms with Gasteiger partial charge >= 0.3 is 0 Å². The van der Waals surface area contributed by atoms with E-state index in [0.717, 1.165) is 50.0 Å². The molecule has 2 aromatic rings. The van der Waals surface area contributed by atoms with E-state index in [-0.39, 0.29) is 5.91 Å². The van der Waals surface area contributed by atoms with Crippen LogP contribution in [0.25, 0.3) is 0 Å². The Balaban J connectivity index is 1.49. The highest BCUT2D eigenvalue weighted by atomic mass is 32.2. The third kappa shape index (κ3) is 5.48. The van der Waals surface area contributed by atoms with E-state index in [1.165, 1.54) is 12.2 Å². The average Bonchev–Trinajstić information content (AvgIpc) is 2.99. The summed E-state index contributed by atoms with van der Waals surface area (Å²) in [7, 11) is 1.61. The Labute approximate surface area is 170 Å². The van der Waals surface area contributed by atoms with E-state index < -0.39 is 0 Å². The molecule has 1 aliphatic rings. The van der Waals surface area contributed by atoms with E-state index in [2.05, 4.69) is 31.2 Å². The number of ether oxygens (including phenoxy) is 1. The van der Waals surface area contributed by atoms with Crippen LogP contribution in [-0.4, -0.2) is 70.9 Å². The molecule has 0 radical (unpaired) electrons. The van der Waals surface area contributed by atoms with E-state index in [1.54, 1.807) is 31.4 Å². The standard InChI is InChI=1S/C20H29N5O2S/c1-27-17-6-4-16(5-7-17)20(26)21-10-8-18-22-23-19-9-12-24(11-3-15-28-2)13-14-25(18)19/h4-7H,3,8-15H2,1-2H3,(H,21,26). The zero-order chi connectivity index (χ0) is 19.8. The van der Waals surface area contributed by atoms with Gasteiger partial charge in [0.15, 0.2) is 0 Å². The highest BCUT2D eigenvalue weighted by Gasteiger charge is 2.18. The molecule has 0 saturated carbocycles. The second-order valence-corrected chi connectivity index (χ2v) is 7.84. The van der Waals surface area contributed by atoms with Gasteiger partial charge in [-0.05, 0) is 49.2 Å². The van der Waals surface area contributed by atoms with Gasteiger partial charge in [-0.1, -0.05) is 0 Å². The molecule has 0 spiro atoms. The van der Waals surface area contributed by atoms with Crippen LogP contribution in [0.5, 0.6) is 5.75 Å². The molecule has 3 rings (SSSR count). The first kappa shape index (κ1) is 20.7. The molecule has 1 aromatic heterocycles. The number of rotatable bonds is 9. The molecular formula is C20H29N5O2S. The largest absolute Gasteiger partial charge is 0.497 e. The number of thioether (sulfide) groups is 1. The van der Waals surface area contributed by atoms with Gasteiger partial charge in [0.05, 0.1) is 7.11 Å². The predicted octanol–water partition coefficient (Wildman–Crippen LogP) is 1.87. The Bertz CT molecular complexity index is 762. The number of nitrogens with one attached hydrogen (secondary N) is 1. The third-order valence-electron chi connectivity index (χ3n) is 5.00. The molecule has 8 heteroatoms. The van der Waals surface area contributed by atoms with Crippen LogP contribution in [0.2, 0.25) is 0 Å². The van der Waals surface area contributed by atoms with Crippen molar-refractivity contribution in [2.75, 3.05) is 45.3 Å². The molecule has 1 aromatic carbocycles. The zero-order valence-electron chi connectivity index (χ0n) is 16.7. The summed E-state index contributed by atoms with van der Waals surface area (Å²) in [6, 6.07) is 7.11. The minimum Gasteiger partial charge on any atom is -0.497 e. The fourth-order valence-corrected chi connectivity index (χ4v) is 3.82. The van der Waals surface area contributed by atoms with Crippen molar-refractivity contribution in [3.05, 3.63) is 41.5 Å². The van der Waals surface area contributed by atoms with Crippen molar-refractivity contribution in [3.63, 3.8) is 0 Å². The van der Waals surface area contributed by atoms with Gasteiger partial charge in [-0.15, -0.1) is 10.2 Å². The van der Waals surface area contributed by atoms with Gasteiger partial charge < -0.3 is 19.5 Å². The lowest BCUT2D eigenvalue weighted by Crippen LogP contribution is -2.29. The van der Waals surface area contributed by atoms with E-state index >= 15 is 0 Å². The summed E-state index contributed by atoms with van der Waals surface area (Å²) in [5.74, 6) is 3.88. The highest BCUT2D eigenvalue weighted by Crippen LogP contribution is 2.12. The minimum atomic E-state index is -0.0850. The van der Waals surface area contributed by atoms with E-state index in [1.807, 2.05) is 11.8 Å². The number of hydrogen-bond acceptors (Lipinski definition) is 6. The summed E-state index contributed by atoms with van der Waals surface area (Å²) in [6.07, 6.45) is 5.00. The fraction of sp³-hybridized carbons (Fsp3) is 0.550. The number of carbonyl (C=O) groups is 1. The number of nitrogens with zero attached hydrogens (tertiary/aromatic N) is 4. The Morgan fingerprint density at radius 1 is 1.21 bits per heavy atom. The van der Waals surface area contributed by atoms with Crippen LogP contribution in [0.3, 0.4) is 0 Å². The van der Waals surface area contributed by atoms with Crippen LogP contribution in [0.4, 0.5) is 0 Å².